The Labute approximate surface area is 266 Å². The van der Waals surface area contributed by atoms with Crippen molar-refractivity contribution in [3.63, 3.8) is 0 Å². The lowest BCUT2D eigenvalue weighted by atomic mass is 10.0. The molecular weight excluding hydrogens is 614 g/mol. The van der Waals surface area contributed by atoms with Gasteiger partial charge in [-0.1, -0.05) is 11.8 Å². The van der Waals surface area contributed by atoms with Crippen LogP contribution in [0.15, 0.2) is 41.2 Å². The van der Waals surface area contributed by atoms with Crippen molar-refractivity contribution in [2.75, 3.05) is 4.90 Å². The summed E-state index contributed by atoms with van der Waals surface area (Å²) in [6, 6.07) is 6.91. The highest BCUT2D eigenvalue weighted by molar-refractivity contribution is 5.97. The van der Waals surface area contributed by atoms with E-state index in [2.05, 4.69) is 37.3 Å². The van der Waals surface area contributed by atoms with Gasteiger partial charge in [0.1, 0.15) is 24.5 Å². The summed E-state index contributed by atoms with van der Waals surface area (Å²) >= 11 is 0. The molecule has 0 unspecified atom stereocenters. The maximum Gasteiger partial charge on any atom is 0.326 e. The summed E-state index contributed by atoms with van der Waals surface area (Å²) in [5, 5.41) is 42.0. The van der Waals surface area contributed by atoms with Gasteiger partial charge in [0.25, 0.3) is 11.5 Å². The Kier molecular flexibility index (Phi) is 9.52. The average molecular weight is 646 g/mol. The van der Waals surface area contributed by atoms with Crippen LogP contribution in [0.2, 0.25) is 0 Å². The van der Waals surface area contributed by atoms with Gasteiger partial charge < -0.3 is 40.9 Å². The molecule has 0 spiro atoms. The van der Waals surface area contributed by atoms with E-state index in [1.54, 1.807) is 12.1 Å². The lowest BCUT2D eigenvalue weighted by Crippen LogP contribution is -2.44. The maximum atomic E-state index is 13.0. The fourth-order valence-electron chi connectivity index (χ4n) is 5.67. The van der Waals surface area contributed by atoms with Crippen LogP contribution in [0.1, 0.15) is 65.5 Å². The third-order valence-electron chi connectivity index (χ3n) is 8.07. The van der Waals surface area contributed by atoms with Crippen LogP contribution in [0.4, 0.5) is 5.69 Å². The molecule has 15 heteroatoms. The normalized spacial score (nSPS) is 15.9. The van der Waals surface area contributed by atoms with E-state index in [1.165, 1.54) is 12.1 Å². The molecule has 7 N–H and O–H groups in total. The van der Waals surface area contributed by atoms with Gasteiger partial charge in [-0.3, -0.25) is 19.2 Å². The third-order valence-corrected chi connectivity index (χ3v) is 8.07. The molecule has 0 fully saturated rings. The molecule has 2 aliphatic rings. The smallest absolute Gasteiger partial charge is 0.326 e. The number of carbonyl (C=O) groups excluding carboxylic acids is 2. The number of carboxylic acid groups (broad SMARTS) is 3. The number of hydrogen-bond acceptors (Lipinski definition) is 9. The zero-order chi connectivity index (χ0) is 33.8. The molecule has 0 bridgehead atoms. The van der Waals surface area contributed by atoms with Crippen molar-refractivity contribution in [1.82, 2.24) is 20.6 Å². The summed E-state index contributed by atoms with van der Waals surface area (Å²) in [5.41, 5.74) is 3.03. The van der Waals surface area contributed by atoms with Crippen molar-refractivity contribution >= 4 is 46.3 Å². The van der Waals surface area contributed by atoms with Crippen LogP contribution in [-0.4, -0.2) is 78.2 Å². The molecule has 1 aromatic heterocycles. The van der Waals surface area contributed by atoms with Crippen LogP contribution in [0.25, 0.3) is 10.9 Å². The Bertz CT molecular complexity index is 1870. The fraction of sp³-hybridized carbons (Fsp3) is 0.344. The molecule has 2 aliphatic carbocycles. The minimum atomic E-state index is -1.46. The van der Waals surface area contributed by atoms with Crippen LogP contribution >= 0.6 is 0 Å². The molecule has 5 rings (SSSR count). The molecule has 15 nitrogen and oxygen atoms in total. The number of rotatable bonds is 15. The van der Waals surface area contributed by atoms with Gasteiger partial charge in [-0.05, 0) is 73.2 Å². The van der Waals surface area contributed by atoms with Crippen molar-refractivity contribution in [2.24, 2.45) is 0 Å². The molecule has 3 atom stereocenters. The highest BCUT2D eigenvalue weighted by atomic mass is 16.4. The van der Waals surface area contributed by atoms with Crippen molar-refractivity contribution in [1.29, 1.82) is 0 Å². The standard InChI is InChI=1S/C32H31N5O10/c38-15-26-33-24-13-17-3-10-25(20(17)14-21(24)30(43)36-26)37(19-6-7-19)18-4-1-16(2-5-18)29(42)35-23(32(46)47)8-11-27(39)34-22(31(44)45)9-12-28(40)41/h1-2,4-5,13-14,19,22-23,25,38H,3,8-12,15H2,(H,34,39)(H,35,42)(H,40,41)(H,44,45)(H,46,47)(H,33,36,43)/t22-,23+,25+/m1/s1. The van der Waals surface area contributed by atoms with Crippen LogP contribution in [0.3, 0.4) is 0 Å². The number of H-pyrrole nitrogens is 1. The van der Waals surface area contributed by atoms with E-state index in [4.69, 9.17) is 5.11 Å². The number of hydrogen-bond donors (Lipinski definition) is 7. The SMILES string of the molecule is O=C(O)CC[C@@H](NC(=O)CC[C@H](NC(=O)c1ccc(N(C2C#C2)[C@H]2CCc3cc4nc(CO)[nH]c(=O)c4cc32)cc1)C(=O)O)C(=O)O. The van der Waals surface area contributed by atoms with Gasteiger partial charge in [0.2, 0.25) is 5.91 Å². The topological polar surface area (TPSA) is 239 Å². The second kappa shape index (κ2) is 13.7. The number of aliphatic hydroxyl groups is 1. The van der Waals surface area contributed by atoms with Crippen LogP contribution in [-0.2, 0) is 32.2 Å². The Hall–Kier alpha value is -5.75. The monoisotopic (exact) mass is 645 g/mol. The highest BCUT2D eigenvalue weighted by Crippen LogP contribution is 2.41. The number of amides is 2. The molecular formula is C32H31N5O10. The van der Waals surface area contributed by atoms with Crippen molar-refractivity contribution in [3.8, 4) is 11.8 Å². The number of benzene rings is 2. The summed E-state index contributed by atoms with van der Waals surface area (Å²) in [4.78, 5) is 80.8. The zero-order valence-corrected chi connectivity index (χ0v) is 24.9. The highest BCUT2D eigenvalue weighted by Gasteiger charge is 2.35. The van der Waals surface area contributed by atoms with Crippen molar-refractivity contribution in [3.05, 3.63) is 69.3 Å². The van der Waals surface area contributed by atoms with Crippen molar-refractivity contribution < 1.29 is 44.4 Å². The molecule has 2 amide bonds. The molecule has 3 aromatic rings. The molecule has 0 radical (unpaired) electrons. The first kappa shape index (κ1) is 32.6. The molecule has 244 valence electrons. The van der Waals surface area contributed by atoms with Gasteiger partial charge in [-0.25, -0.2) is 14.6 Å². The number of anilines is 1. The number of fused-ring (bicyclic) bond motifs is 2. The summed E-state index contributed by atoms with van der Waals surface area (Å²) in [5.74, 6) is 0.775. The lowest BCUT2D eigenvalue weighted by molar-refractivity contribution is -0.143. The minimum Gasteiger partial charge on any atom is -0.481 e. The average Bonchev–Trinajstić information content (AvgIpc) is 3.79. The molecule has 0 saturated heterocycles. The first-order valence-corrected chi connectivity index (χ1v) is 14.8. The molecule has 1 heterocycles. The van der Waals surface area contributed by atoms with E-state index in [0.29, 0.717) is 10.9 Å². The Morgan fingerprint density at radius 2 is 1.62 bits per heavy atom. The van der Waals surface area contributed by atoms with Gasteiger partial charge >= 0.3 is 17.9 Å². The summed E-state index contributed by atoms with van der Waals surface area (Å²) in [6.45, 7) is -0.383. The molecule has 0 aliphatic heterocycles. The van der Waals surface area contributed by atoms with E-state index in [9.17, 15) is 44.1 Å². The summed E-state index contributed by atoms with van der Waals surface area (Å²) < 4.78 is 0. The number of carbonyl (C=O) groups is 5. The number of aliphatic hydroxyl groups excluding tert-OH is 1. The van der Waals surface area contributed by atoms with E-state index in [-0.39, 0.29) is 48.5 Å². The maximum absolute atomic E-state index is 13.0. The molecule has 2 aromatic carbocycles. The van der Waals surface area contributed by atoms with Gasteiger partial charge in [0, 0.05) is 24.1 Å². The van der Waals surface area contributed by atoms with E-state index >= 15 is 0 Å². The lowest BCUT2D eigenvalue weighted by Gasteiger charge is -2.31. The minimum absolute atomic E-state index is 0.133. The van der Waals surface area contributed by atoms with E-state index in [0.717, 1.165) is 29.7 Å². The number of aromatic nitrogens is 2. The molecule has 0 saturated carbocycles. The number of aryl methyl sites for hydroxylation is 1. The summed E-state index contributed by atoms with van der Waals surface area (Å²) in [7, 11) is 0. The van der Waals surface area contributed by atoms with Gasteiger partial charge in [0.05, 0.1) is 16.9 Å². The Morgan fingerprint density at radius 1 is 0.957 bits per heavy atom. The second-order valence-corrected chi connectivity index (χ2v) is 11.2. The van der Waals surface area contributed by atoms with Gasteiger partial charge in [-0.15, -0.1) is 0 Å². The van der Waals surface area contributed by atoms with Crippen molar-refractivity contribution in [2.45, 2.75) is 69.3 Å². The predicted octanol–water partition coefficient (Wildman–Crippen LogP) is 0.692. The van der Waals surface area contributed by atoms with Gasteiger partial charge in [0.15, 0.2) is 6.04 Å². The number of nitrogens with one attached hydrogen (secondary N) is 3. The number of carboxylic acids is 3. The number of aromatic amines is 1. The fourth-order valence-corrected chi connectivity index (χ4v) is 5.67. The van der Waals surface area contributed by atoms with E-state index in [1.807, 2.05) is 12.1 Å². The quantitative estimate of drug-likeness (QED) is 0.113. The first-order chi connectivity index (χ1) is 22.4. The van der Waals surface area contributed by atoms with Crippen LogP contribution < -0.4 is 21.1 Å². The number of aliphatic carboxylic acids is 3. The largest absolute Gasteiger partial charge is 0.481 e. The van der Waals surface area contributed by atoms with E-state index < -0.39 is 54.6 Å². The third kappa shape index (κ3) is 7.56. The Morgan fingerprint density at radius 3 is 2.23 bits per heavy atom. The Balaban J connectivity index is 1.25. The number of nitrogens with zero attached hydrogens (tertiary/aromatic N) is 2. The summed E-state index contributed by atoms with van der Waals surface area (Å²) in [6.07, 6.45) is -0.115. The zero-order valence-electron chi connectivity index (χ0n) is 24.9. The van der Waals surface area contributed by atoms with Crippen LogP contribution in [0.5, 0.6) is 0 Å². The van der Waals surface area contributed by atoms with Crippen LogP contribution in [0, 0.1) is 11.8 Å². The van der Waals surface area contributed by atoms with Gasteiger partial charge in [-0.2, -0.15) is 0 Å². The first-order valence-electron chi connectivity index (χ1n) is 14.8. The predicted molar refractivity (Wildman–Crippen MR) is 164 cm³/mol. The molecule has 47 heavy (non-hydrogen) atoms. The second-order valence-electron chi connectivity index (χ2n) is 11.2.